The van der Waals surface area contributed by atoms with E-state index in [1.54, 1.807) is 0 Å². The molecule has 0 unspecified atom stereocenters. The number of aromatic nitrogens is 1. The van der Waals surface area contributed by atoms with Gasteiger partial charge in [-0.25, -0.2) is 0 Å². The molecule has 0 atom stereocenters. The van der Waals surface area contributed by atoms with Crippen molar-refractivity contribution < 1.29 is 0 Å². The van der Waals surface area contributed by atoms with Crippen LogP contribution in [0.2, 0.25) is 0 Å². The van der Waals surface area contributed by atoms with Crippen LogP contribution >= 0.6 is 0 Å². The van der Waals surface area contributed by atoms with Crippen molar-refractivity contribution in [3.8, 4) is 0 Å². The zero-order chi connectivity index (χ0) is 9.14. The van der Waals surface area contributed by atoms with Gasteiger partial charge >= 0.3 is 0 Å². The molecule has 0 radical (unpaired) electrons. The van der Waals surface area contributed by atoms with E-state index < -0.39 is 0 Å². The number of hydrogen-bond acceptors (Lipinski definition) is 2. The highest BCUT2D eigenvalue weighted by Crippen LogP contribution is 2.21. The summed E-state index contributed by atoms with van der Waals surface area (Å²) in [7, 11) is 1.90. The minimum atomic E-state index is 1.02. The number of rotatable bonds is 2. The van der Waals surface area contributed by atoms with Gasteiger partial charge in [0.2, 0.25) is 0 Å². The maximum atomic E-state index is 4.21. The molecule has 0 saturated carbocycles. The summed E-state index contributed by atoms with van der Waals surface area (Å²) in [6.45, 7) is 7.84. The van der Waals surface area contributed by atoms with Gasteiger partial charge in [0.1, 0.15) is 0 Å². The van der Waals surface area contributed by atoms with Gasteiger partial charge < -0.3 is 5.32 Å². The highest BCUT2D eigenvalue weighted by Gasteiger charge is 2.01. The average molecular weight is 162 g/mol. The summed E-state index contributed by atoms with van der Waals surface area (Å²) >= 11 is 0. The van der Waals surface area contributed by atoms with Crippen LogP contribution in [-0.4, -0.2) is 12.0 Å². The number of nitrogens with zero attached hydrogens (tertiary/aromatic N) is 1. The van der Waals surface area contributed by atoms with E-state index in [1.165, 1.54) is 0 Å². The van der Waals surface area contributed by atoms with Crippen molar-refractivity contribution in [1.29, 1.82) is 0 Å². The van der Waals surface area contributed by atoms with Crippen molar-refractivity contribution in [2.75, 3.05) is 12.4 Å². The third-order valence-corrected chi connectivity index (χ3v) is 1.77. The van der Waals surface area contributed by atoms with Crippen LogP contribution in [0, 0.1) is 6.92 Å². The van der Waals surface area contributed by atoms with Crippen molar-refractivity contribution in [3.63, 3.8) is 0 Å². The Hall–Kier alpha value is -1.31. The molecule has 0 saturated heterocycles. The topological polar surface area (TPSA) is 24.9 Å². The number of aryl methyl sites for hydroxylation is 1. The maximum absolute atomic E-state index is 4.21. The first-order valence-electron chi connectivity index (χ1n) is 3.95. The first-order valence-corrected chi connectivity index (χ1v) is 3.95. The van der Waals surface area contributed by atoms with Crippen molar-refractivity contribution in [2.45, 2.75) is 13.8 Å². The van der Waals surface area contributed by atoms with Crippen molar-refractivity contribution in [3.05, 3.63) is 30.1 Å². The van der Waals surface area contributed by atoms with Gasteiger partial charge in [0.15, 0.2) is 0 Å². The van der Waals surface area contributed by atoms with Gasteiger partial charge in [-0.3, -0.25) is 4.98 Å². The number of hydrogen-bond donors (Lipinski definition) is 1. The Morgan fingerprint density at radius 1 is 1.58 bits per heavy atom. The molecule has 1 aromatic rings. The monoisotopic (exact) mass is 162 g/mol. The second-order valence-electron chi connectivity index (χ2n) is 2.90. The van der Waals surface area contributed by atoms with E-state index >= 15 is 0 Å². The summed E-state index contributed by atoms with van der Waals surface area (Å²) in [4.78, 5) is 4.21. The third-order valence-electron chi connectivity index (χ3n) is 1.77. The van der Waals surface area contributed by atoms with Crippen LogP contribution in [-0.2, 0) is 0 Å². The minimum absolute atomic E-state index is 1.02. The van der Waals surface area contributed by atoms with Crippen LogP contribution in [0.15, 0.2) is 18.8 Å². The van der Waals surface area contributed by atoms with E-state index in [0.29, 0.717) is 0 Å². The molecule has 0 bridgehead atoms. The molecule has 12 heavy (non-hydrogen) atoms. The van der Waals surface area contributed by atoms with Crippen LogP contribution in [0.4, 0.5) is 5.69 Å². The van der Waals surface area contributed by atoms with Gasteiger partial charge in [-0.05, 0) is 25.5 Å². The quantitative estimate of drug-likeness (QED) is 0.722. The fraction of sp³-hybridized carbons (Fsp3) is 0.300. The molecule has 2 heteroatoms. The standard InChI is InChI=1S/C10H14N2/c1-7(2)9-6-12-8(3)5-10(9)11-4/h5-6H,1H2,2-4H3,(H,11,12). The van der Waals surface area contributed by atoms with E-state index in [1.807, 2.05) is 33.2 Å². The van der Waals surface area contributed by atoms with Crippen molar-refractivity contribution >= 4 is 11.3 Å². The predicted molar refractivity (Wildman–Crippen MR) is 53.2 cm³/mol. The Labute approximate surface area is 73.3 Å². The van der Waals surface area contributed by atoms with Crippen LogP contribution < -0.4 is 5.32 Å². The lowest BCUT2D eigenvalue weighted by Gasteiger charge is -2.08. The molecule has 1 heterocycles. The molecule has 0 fully saturated rings. The molecule has 0 aliphatic carbocycles. The molecule has 0 spiro atoms. The van der Waals surface area contributed by atoms with E-state index in [-0.39, 0.29) is 0 Å². The van der Waals surface area contributed by atoms with Gasteiger partial charge in [-0.2, -0.15) is 0 Å². The first kappa shape index (κ1) is 8.78. The normalized spacial score (nSPS) is 9.58. The molecule has 2 nitrogen and oxygen atoms in total. The molecule has 1 aromatic heterocycles. The molecular weight excluding hydrogens is 148 g/mol. The Morgan fingerprint density at radius 3 is 2.75 bits per heavy atom. The molecular formula is C10H14N2. The lowest BCUT2D eigenvalue weighted by molar-refractivity contribution is 1.19. The predicted octanol–water partition coefficient (Wildman–Crippen LogP) is 2.46. The molecule has 0 aromatic carbocycles. The van der Waals surface area contributed by atoms with Gasteiger partial charge in [-0.1, -0.05) is 6.58 Å². The number of anilines is 1. The van der Waals surface area contributed by atoms with E-state index in [9.17, 15) is 0 Å². The molecule has 1 rings (SSSR count). The summed E-state index contributed by atoms with van der Waals surface area (Å²) in [6, 6.07) is 2.02. The summed E-state index contributed by atoms with van der Waals surface area (Å²) in [5, 5.41) is 3.12. The van der Waals surface area contributed by atoms with Gasteiger partial charge in [0.25, 0.3) is 0 Å². The summed E-state index contributed by atoms with van der Waals surface area (Å²) in [6.07, 6.45) is 1.85. The fourth-order valence-electron chi connectivity index (χ4n) is 1.11. The van der Waals surface area contributed by atoms with Crippen molar-refractivity contribution in [2.24, 2.45) is 0 Å². The molecule has 0 aliphatic rings. The Morgan fingerprint density at radius 2 is 2.25 bits per heavy atom. The zero-order valence-electron chi connectivity index (χ0n) is 7.81. The number of allylic oxidation sites excluding steroid dienone is 1. The zero-order valence-corrected chi connectivity index (χ0v) is 7.81. The van der Waals surface area contributed by atoms with E-state index in [0.717, 1.165) is 22.5 Å². The lowest BCUT2D eigenvalue weighted by Crippen LogP contribution is -1.95. The minimum Gasteiger partial charge on any atom is -0.388 e. The van der Waals surface area contributed by atoms with Crippen LogP contribution in [0.1, 0.15) is 18.2 Å². The highest BCUT2D eigenvalue weighted by atomic mass is 14.8. The Balaban J connectivity index is 3.20. The molecule has 1 N–H and O–H groups in total. The smallest absolute Gasteiger partial charge is 0.0447 e. The average Bonchev–Trinajstić information content (AvgIpc) is 2.03. The SMILES string of the molecule is C=C(C)c1cnc(C)cc1NC. The fourth-order valence-corrected chi connectivity index (χ4v) is 1.11. The van der Waals surface area contributed by atoms with Crippen LogP contribution in [0.3, 0.4) is 0 Å². The van der Waals surface area contributed by atoms with E-state index in [4.69, 9.17) is 0 Å². The summed E-state index contributed by atoms with van der Waals surface area (Å²) < 4.78 is 0. The molecule has 0 aliphatic heterocycles. The van der Waals surface area contributed by atoms with Crippen molar-refractivity contribution in [1.82, 2.24) is 4.98 Å². The maximum Gasteiger partial charge on any atom is 0.0447 e. The summed E-state index contributed by atoms with van der Waals surface area (Å²) in [5.74, 6) is 0. The number of nitrogens with one attached hydrogen (secondary N) is 1. The molecule has 0 amide bonds. The van der Waals surface area contributed by atoms with Gasteiger partial charge in [-0.15, -0.1) is 0 Å². The number of pyridine rings is 1. The third kappa shape index (κ3) is 1.64. The van der Waals surface area contributed by atoms with E-state index in [2.05, 4.69) is 16.9 Å². The first-order chi connectivity index (χ1) is 5.65. The Kier molecular flexibility index (Phi) is 2.48. The summed E-state index contributed by atoms with van der Waals surface area (Å²) in [5.41, 5.74) is 4.23. The lowest BCUT2D eigenvalue weighted by atomic mass is 10.1. The largest absolute Gasteiger partial charge is 0.388 e. The Bertz CT molecular complexity index is 303. The second-order valence-corrected chi connectivity index (χ2v) is 2.90. The molecule has 64 valence electrons. The second kappa shape index (κ2) is 3.39. The highest BCUT2D eigenvalue weighted by molar-refractivity contribution is 5.73. The van der Waals surface area contributed by atoms with Crippen LogP contribution in [0.5, 0.6) is 0 Å². The van der Waals surface area contributed by atoms with Gasteiger partial charge in [0, 0.05) is 30.2 Å². The van der Waals surface area contributed by atoms with Crippen LogP contribution in [0.25, 0.3) is 5.57 Å². The van der Waals surface area contributed by atoms with Gasteiger partial charge in [0.05, 0.1) is 0 Å².